The number of aromatic nitrogens is 1. The first kappa shape index (κ1) is 10.2. The SMILES string of the molecule is Cc1ccc2oc(C(=O)NCC#N)cc2n1. The van der Waals surface area contributed by atoms with Gasteiger partial charge >= 0.3 is 0 Å². The molecule has 0 aliphatic rings. The highest BCUT2D eigenvalue weighted by Crippen LogP contribution is 2.17. The van der Waals surface area contributed by atoms with Crippen molar-refractivity contribution >= 4 is 17.0 Å². The molecule has 0 unspecified atom stereocenters. The molecule has 5 nitrogen and oxygen atoms in total. The number of hydrogen-bond acceptors (Lipinski definition) is 4. The zero-order valence-corrected chi connectivity index (χ0v) is 8.65. The number of amides is 1. The number of fused-ring (bicyclic) bond motifs is 1. The maximum atomic E-state index is 11.5. The van der Waals surface area contributed by atoms with Crippen LogP contribution in [0.3, 0.4) is 0 Å². The van der Waals surface area contributed by atoms with Crippen LogP contribution < -0.4 is 5.32 Å². The minimum atomic E-state index is -0.405. The highest BCUT2D eigenvalue weighted by molar-refractivity contribution is 5.95. The Labute approximate surface area is 91.7 Å². The molecule has 1 N–H and O–H groups in total. The van der Waals surface area contributed by atoms with E-state index in [0.717, 1.165) is 5.69 Å². The molecule has 0 radical (unpaired) electrons. The predicted molar refractivity (Wildman–Crippen MR) is 56.7 cm³/mol. The lowest BCUT2D eigenvalue weighted by Crippen LogP contribution is -2.22. The number of aryl methyl sites for hydroxylation is 1. The summed E-state index contributed by atoms with van der Waals surface area (Å²) >= 11 is 0. The van der Waals surface area contributed by atoms with E-state index < -0.39 is 5.91 Å². The third-order valence-electron chi connectivity index (χ3n) is 2.06. The van der Waals surface area contributed by atoms with Crippen LogP contribution in [-0.2, 0) is 0 Å². The molecule has 0 aromatic carbocycles. The van der Waals surface area contributed by atoms with E-state index in [1.807, 2.05) is 19.1 Å². The zero-order chi connectivity index (χ0) is 11.5. The van der Waals surface area contributed by atoms with E-state index in [-0.39, 0.29) is 12.3 Å². The number of hydrogen-bond donors (Lipinski definition) is 1. The van der Waals surface area contributed by atoms with Gasteiger partial charge in [0, 0.05) is 11.8 Å². The van der Waals surface area contributed by atoms with Crippen LogP contribution >= 0.6 is 0 Å². The van der Waals surface area contributed by atoms with E-state index in [4.69, 9.17) is 9.68 Å². The van der Waals surface area contributed by atoms with Gasteiger partial charge in [-0.2, -0.15) is 5.26 Å². The molecule has 80 valence electrons. The summed E-state index contributed by atoms with van der Waals surface area (Å²) in [6.45, 7) is 1.82. The van der Waals surface area contributed by atoms with E-state index in [9.17, 15) is 4.79 Å². The van der Waals surface area contributed by atoms with E-state index in [1.165, 1.54) is 0 Å². The summed E-state index contributed by atoms with van der Waals surface area (Å²) < 4.78 is 5.30. The Morgan fingerprint density at radius 3 is 3.19 bits per heavy atom. The van der Waals surface area contributed by atoms with Gasteiger partial charge in [0.1, 0.15) is 12.1 Å². The van der Waals surface area contributed by atoms with Crippen LogP contribution in [0.4, 0.5) is 0 Å². The number of pyridine rings is 1. The molecule has 0 aliphatic carbocycles. The van der Waals surface area contributed by atoms with Crippen molar-refractivity contribution in [3.63, 3.8) is 0 Å². The Kier molecular flexibility index (Phi) is 2.56. The number of carbonyl (C=O) groups excluding carboxylic acids is 1. The molecule has 1 amide bonds. The normalized spacial score (nSPS) is 10.0. The fourth-order valence-electron chi connectivity index (χ4n) is 1.34. The molecule has 16 heavy (non-hydrogen) atoms. The van der Waals surface area contributed by atoms with Gasteiger partial charge in [0.25, 0.3) is 5.91 Å². The monoisotopic (exact) mass is 215 g/mol. The second kappa shape index (κ2) is 4.03. The van der Waals surface area contributed by atoms with E-state index >= 15 is 0 Å². The standard InChI is InChI=1S/C11H9N3O2/c1-7-2-3-9-8(14-7)6-10(16-9)11(15)13-5-4-12/h2-3,6H,5H2,1H3,(H,13,15). The molecule has 2 aromatic heterocycles. The van der Waals surface area contributed by atoms with Crippen molar-refractivity contribution < 1.29 is 9.21 Å². The van der Waals surface area contributed by atoms with E-state index in [0.29, 0.717) is 11.1 Å². The molecule has 2 aromatic rings. The van der Waals surface area contributed by atoms with Gasteiger partial charge in [-0.05, 0) is 19.1 Å². The Morgan fingerprint density at radius 2 is 2.44 bits per heavy atom. The smallest absolute Gasteiger partial charge is 0.287 e. The van der Waals surface area contributed by atoms with Crippen molar-refractivity contribution in [1.29, 1.82) is 5.26 Å². The average Bonchev–Trinajstić information content (AvgIpc) is 2.68. The van der Waals surface area contributed by atoms with Crippen LogP contribution in [0.5, 0.6) is 0 Å². The van der Waals surface area contributed by atoms with Crippen molar-refractivity contribution in [2.75, 3.05) is 6.54 Å². The average molecular weight is 215 g/mol. The van der Waals surface area contributed by atoms with Crippen molar-refractivity contribution in [2.45, 2.75) is 6.92 Å². The molecule has 5 heteroatoms. The summed E-state index contributed by atoms with van der Waals surface area (Å²) in [6, 6.07) is 6.96. The fourth-order valence-corrected chi connectivity index (χ4v) is 1.34. The first-order valence-electron chi connectivity index (χ1n) is 4.73. The summed E-state index contributed by atoms with van der Waals surface area (Å²) in [6.07, 6.45) is 0. The number of nitrogens with one attached hydrogen (secondary N) is 1. The minimum absolute atomic E-state index is 0.0394. The maximum Gasteiger partial charge on any atom is 0.287 e. The lowest BCUT2D eigenvalue weighted by Gasteiger charge is -1.94. The summed E-state index contributed by atoms with van der Waals surface area (Å²) in [5, 5.41) is 10.7. The van der Waals surface area contributed by atoms with Gasteiger partial charge in [-0.1, -0.05) is 0 Å². The highest BCUT2D eigenvalue weighted by atomic mass is 16.3. The summed E-state index contributed by atoms with van der Waals surface area (Å²) in [4.78, 5) is 15.7. The van der Waals surface area contributed by atoms with E-state index in [2.05, 4.69) is 10.3 Å². The van der Waals surface area contributed by atoms with Crippen molar-refractivity contribution in [2.24, 2.45) is 0 Å². The zero-order valence-electron chi connectivity index (χ0n) is 8.65. The number of rotatable bonds is 2. The molecule has 0 saturated carbocycles. The third-order valence-corrected chi connectivity index (χ3v) is 2.06. The molecular weight excluding hydrogens is 206 g/mol. The predicted octanol–water partition coefficient (Wildman–Crippen LogP) is 1.39. The van der Waals surface area contributed by atoms with Crippen molar-refractivity contribution in [3.05, 3.63) is 29.7 Å². The van der Waals surface area contributed by atoms with E-state index in [1.54, 1.807) is 12.1 Å². The van der Waals surface area contributed by atoms with Crippen LogP contribution in [0.1, 0.15) is 16.2 Å². The summed E-state index contributed by atoms with van der Waals surface area (Å²) in [5.41, 5.74) is 2.06. The Hall–Kier alpha value is -2.35. The Balaban J connectivity index is 2.33. The Bertz CT molecular complexity index is 580. The van der Waals surface area contributed by atoms with Crippen molar-refractivity contribution in [1.82, 2.24) is 10.3 Å². The molecule has 2 rings (SSSR count). The fraction of sp³-hybridized carbons (Fsp3) is 0.182. The van der Waals surface area contributed by atoms with Crippen LogP contribution in [0, 0.1) is 18.3 Å². The second-order valence-corrected chi connectivity index (χ2v) is 3.29. The molecular formula is C11H9N3O2. The quantitative estimate of drug-likeness (QED) is 0.768. The van der Waals surface area contributed by atoms with Gasteiger partial charge in [0.05, 0.1) is 6.07 Å². The second-order valence-electron chi connectivity index (χ2n) is 3.29. The Morgan fingerprint density at radius 1 is 1.62 bits per heavy atom. The van der Waals surface area contributed by atoms with Gasteiger partial charge in [0.15, 0.2) is 11.3 Å². The molecule has 0 fully saturated rings. The number of furan rings is 1. The highest BCUT2D eigenvalue weighted by Gasteiger charge is 2.12. The van der Waals surface area contributed by atoms with Crippen molar-refractivity contribution in [3.8, 4) is 6.07 Å². The topological polar surface area (TPSA) is 78.9 Å². The van der Waals surface area contributed by atoms with Crippen LogP contribution in [0.25, 0.3) is 11.1 Å². The van der Waals surface area contributed by atoms with Gasteiger partial charge in [-0.25, -0.2) is 4.98 Å². The molecule has 0 atom stereocenters. The first-order valence-corrected chi connectivity index (χ1v) is 4.73. The van der Waals surface area contributed by atoms with Crippen LogP contribution in [0.2, 0.25) is 0 Å². The molecule has 0 bridgehead atoms. The number of nitrogens with zero attached hydrogens (tertiary/aromatic N) is 2. The lowest BCUT2D eigenvalue weighted by atomic mass is 10.3. The van der Waals surface area contributed by atoms with Gasteiger partial charge in [0.2, 0.25) is 0 Å². The lowest BCUT2D eigenvalue weighted by molar-refractivity contribution is 0.0933. The first-order chi connectivity index (χ1) is 7.70. The third kappa shape index (κ3) is 1.86. The molecule has 0 saturated heterocycles. The van der Waals surface area contributed by atoms with Crippen LogP contribution in [0.15, 0.2) is 22.6 Å². The molecule has 2 heterocycles. The number of carbonyl (C=O) groups is 1. The number of nitriles is 1. The summed E-state index contributed by atoms with van der Waals surface area (Å²) in [5.74, 6) is -0.236. The molecule has 0 spiro atoms. The minimum Gasteiger partial charge on any atom is -0.449 e. The van der Waals surface area contributed by atoms with Gasteiger partial charge in [-0.15, -0.1) is 0 Å². The van der Waals surface area contributed by atoms with Gasteiger partial charge < -0.3 is 9.73 Å². The largest absolute Gasteiger partial charge is 0.449 e. The molecule has 0 aliphatic heterocycles. The van der Waals surface area contributed by atoms with Gasteiger partial charge in [-0.3, -0.25) is 4.79 Å². The van der Waals surface area contributed by atoms with Crippen LogP contribution in [-0.4, -0.2) is 17.4 Å². The summed E-state index contributed by atoms with van der Waals surface area (Å²) in [7, 11) is 0. The maximum absolute atomic E-state index is 11.5.